The highest BCUT2D eigenvalue weighted by Gasteiger charge is 2.12. The first-order valence-corrected chi connectivity index (χ1v) is 7.09. The molecule has 0 aliphatic rings. The molecule has 1 aromatic rings. The van der Waals surface area contributed by atoms with Gasteiger partial charge >= 0.3 is 11.9 Å². The van der Waals surface area contributed by atoms with Crippen LogP contribution in [0.1, 0.15) is 66.7 Å². The maximum Gasteiger partial charge on any atom is 0.338 e. The van der Waals surface area contributed by atoms with Crippen LogP contribution in [0.15, 0.2) is 24.3 Å². The first kappa shape index (κ1) is 16.2. The lowest BCUT2D eigenvalue weighted by Gasteiger charge is -2.13. The summed E-state index contributed by atoms with van der Waals surface area (Å²) >= 11 is 0. The summed E-state index contributed by atoms with van der Waals surface area (Å²) in [6.07, 6.45) is 5.35. The molecular formula is C16H22O4. The first-order valence-electron chi connectivity index (χ1n) is 7.09. The van der Waals surface area contributed by atoms with E-state index in [0.717, 1.165) is 19.3 Å². The molecule has 110 valence electrons. The molecule has 0 saturated heterocycles. The van der Waals surface area contributed by atoms with E-state index in [1.165, 1.54) is 37.1 Å². The molecule has 0 aliphatic carbocycles. The number of rotatable bonds is 8. The Morgan fingerprint density at radius 3 is 2.25 bits per heavy atom. The average molecular weight is 278 g/mol. The van der Waals surface area contributed by atoms with E-state index < -0.39 is 11.9 Å². The number of unbranched alkanes of at least 4 members (excludes halogenated alkanes) is 3. The fourth-order valence-electron chi connectivity index (χ4n) is 1.92. The Morgan fingerprint density at radius 1 is 1.10 bits per heavy atom. The zero-order valence-corrected chi connectivity index (χ0v) is 12.1. The van der Waals surface area contributed by atoms with Crippen molar-refractivity contribution in [2.75, 3.05) is 0 Å². The van der Waals surface area contributed by atoms with Crippen LogP contribution in [0.25, 0.3) is 0 Å². The number of esters is 1. The lowest BCUT2D eigenvalue weighted by atomic mass is 10.1. The SMILES string of the molecule is CCCCCC[C@H](C)OC(=O)c1ccc(C(=O)O)cc1. The lowest BCUT2D eigenvalue weighted by molar-refractivity contribution is 0.0319. The summed E-state index contributed by atoms with van der Waals surface area (Å²) in [5.41, 5.74) is 0.546. The molecular weight excluding hydrogens is 256 g/mol. The van der Waals surface area contributed by atoms with Crippen molar-refractivity contribution < 1.29 is 19.4 Å². The predicted octanol–water partition coefficient (Wildman–Crippen LogP) is 3.90. The number of benzene rings is 1. The second-order valence-electron chi connectivity index (χ2n) is 4.95. The second kappa shape index (κ2) is 8.35. The first-order chi connectivity index (χ1) is 9.54. The monoisotopic (exact) mass is 278 g/mol. The van der Waals surface area contributed by atoms with Crippen LogP contribution >= 0.6 is 0 Å². The highest BCUT2D eigenvalue weighted by atomic mass is 16.5. The number of hydrogen-bond donors (Lipinski definition) is 1. The van der Waals surface area contributed by atoms with Crippen LogP contribution in [0.5, 0.6) is 0 Å². The van der Waals surface area contributed by atoms with Crippen LogP contribution in [0, 0.1) is 0 Å². The van der Waals surface area contributed by atoms with E-state index in [0.29, 0.717) is 5.56 Å². The molecule has 1 rings (SSSR count). The van der Waals surface area contributed by atoms with Crippen molar-refractivity contribution in [1.82, 2.24) is 0 Å². The van der Waals surface area contributed by atoms with Crippen molar-refractivity contribution in [3.05, 3.63) is 35.4 Å². The van der Waals surface area contributed by atoms with Gasteiger partial charge in [-0.15, -0.1) is 0 Å². The van der Waals surface area contributed by atoms with Crippen LogP contribution in [-0.2, 0) is 4.74 Å². The van der Waals surface area contributed by atoms with Crippen LogP contribution in [0.2, 0.25) is 0 Å². The van der Waals surface area contributed by atoms with E-state index in [-0.39, 0.29) is 11.7 Å². The van der Waals surface area contributed by atoms with Gasteiger partial charge in [-0.3, -0.25) is 0 Å². The minimum Gasteiger partial charge on any atom is -0.478 e. The number of hydrogen-bond acceptors (Lipinski definition) is 3. The van der Waals surface area contributed by atoms with Gasteiger partial charge in [-0.1, -0.05) is 26.2 Å². The molecule has 0 bridgehead atoms. The third-order valence-electron chi connectivity index (χ3n) is 3.14. The Morgan fingerprint density at radius 2 is 1.70 bits per heavy atom. The van der Waals surface area contributed by atoms with Gasteiger partial charge in [-0.05, 0) is 44.0 Å². The maximum atomic E-state index is 11.9. The number of carboxylic acid groups (broad SMARTS) is 1. The molecule has 1 aromatic carbocycles. The van der Waals surface area contributed by atoms with Crippen molar-refractivity contribution in [3.63, 3.8) is 0 Å². The zero-order chi connectivity index (χ0) is 15.0. The number of carbonyl (C=O) groups is 2. The second-order valence-corrected chi connectivity index (χ2v) is 4.95. The van der Waals surface area contributed by atoms with E-state index in [4.69, 9.17) is 9.84 Å². The Bertz CT molecular complexity index is 436. The molecule has 0 radical (unpaired) electrons. The lowest BCUT2D eigenvalue weighted by Crippen LogP contribution is -2.15. The van der Waals surface area contributed by atoms with Gasteiger partial charge in [0.1, 0.15) is 0 Å². The summed E-state index contributed by atoms with van der Waals surface area (Å²) in [6, 6.07) is 5.78. The molecule has 0 unspecified atom stereocenters. The van der Waals surface area contributed by atoms with Gasteiger partial charge in [-0.2, -0.15) is 0 Å². The Kier molecular flexibility index (Phi) is 6.77. The van der Waals surface area contributed by atoms with E-state index in [1.54, 1.807) is 0 Å². The van der Waals surface area contributed by atoms with Crippen molar-refractivity contribution in [2.45, 2.75) is 52.1 Å². The summed E-state index contributed by atoms with van der Waals surface area (Å²) in [6.45, 7) is 4.04. The molecule has 4 nitrogen and oxygen atoms in total. The van der Waals surface area contributed by atoms with Gasteiger partial charge in [0.25, 0.3) is 0 Å². The summed E-state index contributed by atoms with van der Waals surface area (Å²) in [5.74, 6) is -1.40. The molecule has 20 heavy (non-hydrogen) atoms. The predicted molar refractivity (Wildman–Crippen MR) is 77.0 cm³/mol. The molecule has 4 heteroatoms. The Labute approximate surface area is 119 Å². The summed E-state index contributed by atoms with van der Waals surface area (Å²) < 4.78 is 5.33. The number of carboxylic acids is 1. The van der Waals surface area contributed by atoms with Gasteiger partial charge in [0.05, 0.1) is 17.2 Å². The Balaban J connectivity index is 2.43. The van der Waals surface area contributed by atoms with Crippen LogP contribution in [0.3, 0.4) is 0 Å². The topological polar surface area (TPSA) is 63.6 Å². The third-order valence-corrected chi connectivity index (χ3v) is 3.14. The summed E-state index contributed by atoms with van der Waals surface area (Å²) in [5, 5.41) is 8.78. The van der Waals surface area contributed by atoms with E-state index in [1.807, 2.05) is 6.92 Å². The van der Waals surface area contributed by atoms with E-state index >= 15 is 0 Å². The number of carbonyl (C=O) groups excluding carboxylic acids is 1. The van der Waals surface area contributed by atoms with Crippen LogP contribution < -0.4 is 0 Å². The number of ether oxygens (including phenoxy) is 1. The summed E-state index contributed by atoms with van der Waals surface area (Å²) in [7, 11) is 0. The minimum absolute atomic E-state index is 0.112. The van der Waals surface area contributed by atoms with Crippen molar-refractivity contribution in [1.29, 1.82) is 0 Å². The largest absolute Gasteiger partial charge is 0.478 e. The van der Waals surface area contributed by atoms with Crippen molar-refractivity contribution >= 4 is 11.9 Å². The fourth-order valence-corrected chi connectivity index (χ4v) is 1.92. The molecule has 0 saturated carbocycles. The third kappa shape index (κ3) is 5.43. The summed E-state index contributed by atoms with van der Waals surface area (Å²) in [4.78, 5) is 22.6. The Hall–Kier alpha value is -1.84. The highest BCUT2D eigenvalue weighted by molar-refractivity contribution is 5.92. The van der Waals surface area contributed by atoms with Gasteiger partial charge in [0.2, 0.25) is 0 Å². The van der Waals surface area contributed by atoms with E-state index in [2.05, 4.69) is 6.92 Å². The van der Waals surface area contributed by atoms with Crippen molar-refractivity contribution in [3.8, 4) is 0 Å². The minimum atomic E-state index is -1.01. The van der Waals surface area contributed by atoms with Crippen LogP contribution in [0.4, 0.5) is 0 Å². The molecule has 0 amide bonds. The van der Waals surface area contributed by atoms with Crippen LogP contribution in [-0.4, -0.2) is 23.1 Å². The van der Waals surface area contributed by atoms with Gasteiger partial charge in [0.15, 0.2) is 0 Å². The molecule has 0 fully saturated rings. The zero-order valence-electron chi connectivity index (χ0n) is 12.1. The van der Waals surface area contributed by atoms with Gasteiger partial charge in [-0.25, -0.2) is 9.59 Å². The standard InChI is InChI=1S/C16H22O4/c1-3-4-5-6-7-12(2)20-16(19)14-10-8-13(9-11-14)15(17)18/h8-12H,3-7H2,1-2H3,(H,17,18)/t12-/m0/s1. The van der Waals surface area contributed by atoms with Crippen molar-refractivity contribution in [2.24, 2.45) is 0 Å². The molecule has 0 heterocycles. The normalized spacial score (nSPS) is 11.9. The number of aromatic carboxylic acids is 1. The highest BCUT2D eigenvalue weighted by Crippen LogP contribution is 2.11. The smallest absolute Gasteiger partial charge is 0.338 e. The van der Waals surface area contributed by atoms with Gasteiger partial charge in [0, 0.05) is 0 Å². The quantitative estimate of drug-likeness (QED) is 0.578. The molecule has 0 aliphatic heterocycles. The maximum absolute atomic E-state index is 11.9. The average Bonchev–Trinajstić information content (AvgIpc) is 2.43. The molecule has 0 spiro atoms. The fraction of sp³-hybridized carbons (Fsp3) is 0.500. The van der Waals surface area contributed by atoms with Gasteiger partial charge < -0.3 is 9.84 Å². The molecule has 0 aromatic heterocycles. The van der Waals surface area contributed by atoms with E-state index in [9.17, 15) is 9.59 Å². The molecule has 1 atom stereocenters. The molecule has 1 N–H and O–H groups in total.